The third-order valence-electron chi connectivity index (χ3n) is 4.74. The topological polar surface area (TPSA) is 72.2 Å². The Kier molecular flexibility index (Phi) is 5.59. The molecule has 1 N–H and O–H groups in total. The smallest absolute Gasteiger partial charge is 0.244 e. The predicted molar refractivity (Wildman–Crippen MR) is 120 cm³/mol. The van der Waals surface area contributed by atoms with E-state index in [0.29, 0.717) is 23.1 Å². The van der Waals surface area contributed by atoms with Crippen molar-refractivity contribution in [1.29, 1.82) is 0 Å². The monoisotopic (exact) mass is 416 g/mol. The zero-order valence-corrected chi connectivity index (χ0v) is 17.5. The molecule has 0 atom stereocenters. The number of nitrogens with zero attached hydrogens (tertiary/aromatic N) is 1. The predicted octanol–water partition coefficient (Wildman–Crippen LogP) is 4.86. The average Bonchev–Trinajstić information content (AvgIpc) is 3.21. The number of benzene rings is 2. The van der Waals surface area contributed by atoms with Crippen molar-refractivity contribution in [1.82, 2.24) is 10.3 Å². The van der Waals surface area contributed by atoms with E-state index in [1.807, 2.05) is 49.6 Å². The summed E-state index contributed by atoms with van der Waals surface area (Å²) in [5.74, 6) is -0.302. The normalized spacial score (nSPS) is 11.3. The van der Waals surface area contributed by atoms with Crippen LogP contribution in [0, 0.1) is 13.8 Å². The van der Waals surface area contributed by atoms with Gasteiger partial charge in [-0.2, -0.15) is 0 Å². The molecule has 1 amide bonds. The van der Waals surface area contributed by atoms with E-state index >= 15 is 0 Å². The molecule has 0 aliphatic rings. The van der Waals surface area contributed by atoms with Crippen LogP contribution >= 0.6 is 11.3 Å². The van der Waals surface area contributed by atoms with E-state index in [-0.39, 0.29) is 11.3 Å². The third-order valence-corrected chi connectivity index (χ3v) is 5.66. The van der Waals surface area contributed by atoms with Crippen LogP contribution in [0.5, 0.6) is 0 Å². The highest BCUT2D eigenvalue weighted by Crippen LogP contribution is 2.26. The van der Waals surface area contributed by atoms with Gasteiger partial charge in [0, 0.05) is 17.0 Å². The number of aryl methyl sites for hydroxylation is 2. The summed E-state index contributed by atoms with van der Waals surface area (Å²) in [6.07, 6.45) is 4.18. The van der Waals surface area contributed by atoms with Crippen molar-refractivity contribution in [3.63, 3.8) is 0 Å². The van der Waals surface area contributed by atoms with E-state index in [9.17, 15) is 9.59 Å². The minimum atomic E-state index is -0.302. The minimum Gasteiger partial charge on any atom is -0.463 e. The molecule has 0 aliphatic carbocycles. The van der Waals surface area contributed by atoms with Gasteiger partial charge in [0.2, 0.25) is 5.91 Å². The van der Waals surface area contributed by atoms with Gasteiger partial charge in [-0.25, -0.2) is 4.98 Å². The van der Waals surface area contributed by atoms with Crippen molar-refractivity contribution in [3.8, 4) is 10.6 Å². The molecule has 2 aromatic carbocycles. The Morgan fingerprint density at radius 2 is 2.03 bits per heavy atom. The molecule has 6 heteroatoms. The number of amides is 1. The highest BCUT2D eigenvalue weighted by molar-refractivity contribution is 7.13. The standard InChI is InChI=1S/C24H20N2O3S/c1-15-7-9-21-20(11-15)23(28)17(13-29-21)8-10-22(27)25-12-18-14-30-24(26-18)19-6-4-3-5-16(19)2/h3-11,13-14H,12H2,1-2H3,(H,25,27)/b10-8+. The van der Waals surface area contributed by atoms with E-state index in [2.05, 4.69) is 10.3 Å². The maximum absolute atomic E-state index is 12.6. The van der Waals surface area contributed by atoms with Gasteiger partial charge in [-0.3, -0.25) is 9.59 Å². The summed E-state index contributed by atoms with van der Waals surface area (Å²) in [5, 5.41) is 6.17. The lowest BCUT2D eigenvalue weighted by atomic mass is 10.1. The van der Waals surface area contributed by atoms with Crippen LogP contribution in [0.25, 0.3) is 27.6 Å². The van der Waals surface area contributed by atoms with Crippen LogP contribution in [0.3, 0.4) is 0 Å². The largest absolute Gasteiger partial charge is 0.463 e. The molecule has 150 valence electrons. The summed E-state index contributed by atoms with van der Waals surface area (Å²) < 4.78 is 5.50. The van der Waals surface area contributed by atoms with Gasteiger partial charge in [0.15, 0.2) is 5.43 Å². The van der Waals surface area contributed by atoms with Crippen molar-refractivity contribution in [3.05, 3.63) is 92.8 Å². The molecule has 0 bridgehead atoms. The Hall–Kier alpha value is -3.51. The van der Waals surface area contributed by atoms with Crippen LogP contribution < -0.4 is 10.7 Å². The molecule has 2 aromatic heterocycles. The van der Waals surface area contributed by atoms with Gasteiger partial charge in [-0.15, -0.1) is 11.3 Å². The summed E-state index contributed by atoms with van der Waals surface area (Å²) in [6.45, 7) is 4.28. The number of aromatic nitrogens is 1. The molecular weight excluding hydrogens is 396 g/mol. The van der Waals surface area contributed by atoms with Crippen LogP contribution in [0.2, 0.25) is 0 Å². The lowest BCUT2D eigenvalue weighted by Gasteiger charge is -2.01. The van der Waals surface area contributed by atoms with Gasteiger partial charge in [-0.1, -0.05) is 35.9 Å². The summed E-state index contributed by atoms with van der Waals surface area (Å²) in [5.41, 5.74) is 4.72. The second-order valence-corrected chi connectivity index (χ2v) is 7.89. The third kappa shape index (κ3) is 4.23. The molecule has 2 heterocycles. The maximum atomic E-state index is 12.6. The first kappa shape index (κ1) is 19.8. The lowest BCUT2D eigenvalue weighted by Crippen LogP contribution is -2.20. The van der Waals surface area contributed by atoms with Gasteiger partial charge in [0.05, 0.1) is 23.2 Å². The molecule has 4 aromatic rings. The molecule has 0 aliphatic heterocycles. The minimum absolute atomic E-state index is 0.161. The molecule has 5 nitrogen and oxygen atoms in total. The number of hydrogen-bond acceptors (Lipinski definition) is 5. The SMILES string of the molecule is Cc1ccc2occ(/C=C/C(=O)NCc3csc(-c4ccccc4C)n3)c(=O)c2c1. The van der Waals surface area contributed by atoms with E-state index in [0.717, 1.165) is 27.4 Å². The van der Waals surface area contributed by atoms with Gasteiger partial charge in [0.25, 0.3) is 0 Å². The number of hydrogen-bond donors (Lipinski definition) is 1. The maximum Gasteiger partial charge on any atom is 0.244 e. The van der Waals surface area contributed by atoms with Gasteiger partial charge in [0.1, 0.15) is 16.9 Å². The van der Waals surface area contributed by atoms with Crippen LogP contribution in [-0.4, -0.2) is 10.9 Å². The van der Waals surface area contributed by atoms with Crippen molar-refractivity contribution in [2.75, 3.05) is 0 Å². The van der Waals surface area contributed by atoms with E-state index < -0.39 is 0 Å². The first-order valence-corrected chi connectivity index (χ1v) is 10.4. The Balaban J connectivity index is 1.43. The van der Waals surface area contributed by atoms with E-state index in [1.165, 1.54) is 18.4 Å². The quantitative estimate of drug-likeness (QED) is 0.472. The number of fused-ring (bicyclic) bond motifs is 1. The van der Waals surface area contributed by atoms with Crippen LogP contribution in [0.15, 0.2) is 69.4 Å². The first-order valence-electron chi connectivity index (χ1n) is 9.50. The molecule has 0 saturated carbocycles. The highest BCUT2D eigenvalue weighted by Gasteiger charge is 2.08. The summed E-state index contributed by atoms with van der Waals surface area (Å²) in [7, 11) is 0. The second kappa shape index (κ2) is 8.47. The number of nitrogens with one attached hydrogen (secondary N) is 1. The van der Waals surface area contributed by atoms with Crippen molar-refractivity contribution >= 4 is 34.3 Å². The summed E-state index contributed by atoms with van der Waals surface area (Å²) in [4.78, 5) is 29.4. The Bertz CT molecular complexity index is 1320. The van der Waals surface area contributed by atoms with Crippen LogP contribution in [-0.2, 0) is 11.3 Å². The zero-order valence-electron chi connectivity index (χ0n) is 16.6. The highest BCUT2D eigenvalue weighted by atomic mass is 32.1. The fourth-order valence-electron chi connectivity index (χ4n) is 3.10. The van der Waals surface area contributed by atoms with Gasteiger partial charge in [-0.05, 0) is 37.6 Å². The molecule has 0 unspecified atom stereocenters. The van der Waals surface area contributed by atoms with E-state index in [1.54, 1.807) is 23.5 Å². The number of thiazole rings is 1. The number of carbonyl (C=O) groups excluding carboxylic acids is 1. The Labute approximate surface area is 177 Å². The first-order chi connectivity index (χ1) is 14.5. The van der Waals surface area contributed by atoms with Crippen LogP contribution in [0.1, 0.15) is 22.4 Å². The molecule has 0 fully saturated rings. The van der Waals surface area contributed by atoms with Crippen molar-refractivity contribution in [2.24, 2.45) is 0 Å². The molecule has 30 heavy (non-hydrogen) atoms. The fourth-order valence-corrected chi connectivity index (χ4v) is 4.01. The molecule has 4 rings (SSSR count). The van der Waals surface area contributed by atoms with Gasteiger partial charge < -0.3 is 9.73 Å². The van der Waals surface area contributed by atoms with Crippen LogP contribution in [0.4, 0.5) is 0 Å². The Morgan fingerprint density at radius 1 is 1.20 bits per heavy atom. The van der Waals surface area contributed by atoms with Gasteiger partial charge >= 0.3 is 0 Å². The van der Waals surface area contributed by atoms with Crippen molar-refractivity contribution < 1.29 is 9.21 Å². The average molecular weight is 417 g/mol. The zero-order chi connectivity index (χ0) is 21.1. The Morgan fingerprint density at radius 3 is 2.87 bits per heavy atom. The molecule has 0 spiro atoms. The molecular formula is C24H20N2O3S. The molecule has 0 radical (unpaired) electrons. The van der Waals surface area contributed by atoms with Crippen molar-refractivity contribution in [2.45, 2.75) is 20.4 Å². The number of rotatable bonds is 5. The van der Waals surface area contributed by atoms with E-state index in [4.69, 9.17) is 4.42 Å². The fraction of sp³-hybridized carbons (Fsp3) is 0.125. The summed E-state index contributed by atoms with van der Waals surface area (Å²) in [6, 6.07) is 13.5. The summed E-state index contributed by atoms with van der Waals surface area (Å²) >= 11 is 1.55. The second-order valence-electron chi connectivity index (χ2n) is 7.03. The lowest BCUT2D eigenvalue weighted by molar-refractivity contribution is -0.116. The molecule has 0 saturated heterocycles. The number of carbonyl (C=O) groups is 1.